The van der Waals surface area contributed by atoms with E-state index in [-0.39, 0.29) is 6.10 Å². The predicted octanol–water partition coefficient (Wildman–Crippen LogP) is 2.83. The highest BCUT2D eigenvalue weighted by molar-refractivity contribution is 6.30. The van der Waals surface area contributed by atoms with Crippen molar-refractivity contribution in [2.45, 2.75) is 51.7 Å². The van der Waals surface area contributed by atoms with E-state index >= 15 is 0 Å². The molecule has 1 aromatic carbocycles. The summed E-state index contributed by atoms with van der Waals surface area (Å²) in [6.07, 6.45) is 5.55. The normalized spacial score (nSPS) is 15.5. The molecule has 0 bridgehead atoms. The highest BCUT2D eigenvalue weighted by Gasteiger charge is 2.14. The Balaban J connectivity index is 1.41. The lowest BCUT2D eigenvalue weighted by atomic mass is 10.2. The summed E-state index contributed by atoms with van der Waals surface area (Å²) in [4.78, 5) is 4.28. The number of ether oxygens (including phenoxy) is 1. The lowest BCUT2D eigenvalue weighted by Crippen LogP contribution is -2.42. The maximum absolute atomic E-state index is 5.90. The maximum Gasteiger partial charge on any atom is 0.191 e. The summed E-state index contributed by atoms with van der Waals surface area (Å²) in [7, 11) is 1.77. The van der Waals surface area contributed by atoms with Crippen LogP contribution in [0.4, 0.5) is 0 Å². The van der Waals surface area contributed by atoms with Gasteiger partial charge >= 0.3 is 0 Å². The quantitative estimate of drug-likeness (QED) is 0.548. The van der Waals surface area contributed by atoms with Gasteiger partial charge in [-0.3, -0.25) is 4.99 Å². The minimum Gasteiger partial charge on any atom is -0.489 e. The molecule has 2 aromatic rings. The fraction of sp³-hybridized carbons (Fsp3) is 0.550. The molecule has 1 unspecified atom stereocenters. The molecule has 1 atom stereocenters. The molecule has 0 fully saturated rings. The summed E-state index contributed by atoms with van der Waals surface area (Å²) in [5.41, 5.74) is 0. The number of halogens is 1. The van der Waals surface area contributed by atoms with Crippen LogP contribution < -0.4 is 15.4 Å². The number of nitrogens with one attached hydrogen (secondary N) is 2. The molecular formula is C20H29ClN6O. The lowest BCUT2D eigenvalue weighted by molar-refractivity contribution is 0.224. The van der Waals surface area contributed by atoms with Gasteiger partial charge in [-0.2, -0.15) is 0 Å². The van der Waals surface area contributed by atoms with E-state index in [4.69, 9.17) is 16.3 Å². The van der Waals surface area contributed by atoms with Crippen molar-refractivity contribution >= 4 is 17.6 Å². The number of aliphatic imine (C=N–C) groups is 1. The molecule has 1 aliphatic heterocycles. The average molecular weight is 405 g/mol. The summed E-state index contributed by atoms with van der Waals surface area (Å²) in [5.74, 6) is 3.73. The molecule has 1 aromatic heterocycles. The molecular weight excluding hydrogens is 376 g/mol. The summed E-state index contributed by atoms with van der Waals surface area (Å²) >= 11 is 5.90. The molecule has 2 N–H and O–H groups in total. The van der Waals surface area contributed by atoms with E-state index in [1.807, 2.05) is 31.2 Å². The molecule has 0 saturated heterocycles. The van der Waals surface area contributed by atoms with Crippen molar-refractivity contribution in [2.24, 2.45) is 4.99 Å². The van der Waals surface area contributed by atoms with Gasteiger partial charge in [-0.25, -0.2) is 0 Å². The Labute approximate surface area is 171 Å². The molecule has 0 spiro atoms. The highest BCUT2D eigenvalue weighted by Crippen LogP contribution is 2.16. The third-order valence-corrected chi connectivity index (χ3v) is 5.01. The van der Waals surface area contributed by atoms with Crippen LogP contribution in [-0.4, -0.2) is 47.0 Å². The monoisotopic (exact) mass is 404 g/mol. The van der Waals surface area contributed by atoms with Gasteiger partial charge < -0.3 is 19.9 Å². The van der Waals surface area contributed by atoms with Gasteiger partial charge in [0.05, 0.1) is 6.54 Å². The molecule has 1 aliphatic rings. The van der Waals surface area contributed by atoms with Gasteiger partial charge in [0, 0.05) is 38.0 Å². The van der Waals surface area contributed by atoms with E-state index in [1.165, 1.54) is 19.3 Å². The maximum atomic E-state index is 5.90. The zero-order valence-corrected chi connectivity index (χ0v) is 17.4. The van der Waals surface area contributed by atoms with Crippen molar-refractivity contribution in [2.75, 3.05) is 20.1 Å². The highest BCUT2D eigenvalue weighted by atomic mass is 35.5. The van der Waals surface area contributed by atoms with Gasteiger partial charge in [0.15, 0.2) is 5.96 Å². The number of hydrogen-bond acceptors (Lipinski definition) is 4. The molecule has 0 amide bonds. The summed E-state index contributed by atoms with van der Waals surface area (Å²) in [6.45, 7) is 4.44. The number of fused-ring (bicyclic) bond motifs is 1. The molecule has 8 heteroatoms. The van der Waals surface area contributed by atoms with Crippen molar-refractivity contribution < 1.29 is 4.74 Å². The Morgan fingerprint density at radius 3 is 2.82 bits per heavy atom. The van der Waals surface area contributed by atoms with Crippen molar-refractivity contribution in [3.8, 4) is 5.75 Å². The third kappa shape index (κ3) is 5.86. The number of aryl methyl sites for hydroxylation is 1. The van der Waals surface area contributed by atoms with E-state index in [0.29, 0.717) is 11.6 Å². The van der Waals surface area contributed by atoms with E-state index in [2.05, 4.69) is 30.4 Å². The molecule has 0 aliphatic carbocycles. The summed E-state index contributed by atoms with van der Waals surface area (Å²) < 4.78 is 8.16. The largest absolute Gasteiger partial charge is 0.489 e. The Bertz CT molecular complexity index is 774. The van der Waals surface area contributed by atoms with Crippen molar-refractivity contribution in [3.63, 3.8) is 0 Å². The zero-order chi connectivity index (χ0) is 19.8. The average Bonchev–Trinajstić information content (AvgIpc) is 2.92. The smallest absolute Gasteiger partial charge is 0.191 e. The van der Waals surface area contributed by atoms with E-state index < -0.39 is 0 Å². The number of rotatable bonds is 7. The fourth-order valence-electron chi connectivity index (χ4n) is 3.27. The first-order valence-corrected chi connectivity index (χ1v) is 10.3. The van der Waals surface area contributed by atoms with Crippen molar-refractivity contribution in [1.29, 1.82) is 0 Å². The number of hydrogen-bond donors (Lipinski definition) is 2. The van der Waals surface area contributed by atoms with Crippen LogP contribution in [0.25, 0.3) is 0 Å². The number of aromatic nitrogens is 3. The van der Waals surface area contributed by atoms with Gasteiger partial charge in [0.25, 0.3) is 0 Å². The molecule has 0 radical (unpaired) electrons. The molecule has 3 rings (SSSR count). The summed E-state index contributed by atoms with van der Waals surface area (Å²) in [5, 5.41) is 16.1. The van der Waals surface area contributed by atoms with Crippen LogP contribution in [0, 0.1) is 0 Å². The first-order chi connectivity index (χ1) is 13.7. The number of benzene rings is 1. The van der Waals surface area contributed by atoms with E-state index in [1.54, 1.807) is 7.05 Å². The topological polar surface area (TPSA) is 76.4 Å². The second-order valence-electron chi connectivity index (χ2n) is 7.01. The second kappa shape index (κ2) is 10.3. The molecule has 28 heavy (non-hydrogen) atoms. The number of guanidine groups is 1. The molecule has 0 saturated carbocycles. The van der Waals surface area contributed by atoms with Crippen LogP contribution in [-0.2, 0) is 19.4 Å². The minimum atomic E-state index is -0.00742. The Morgan fingerprint density at radius 1 is 1.21 bits per heavy atom. The standard InChI is InChI=1S/C20H29ClN6O/c1-15(28-17-9-7-16(21)8-10-17)14-24-20(22-2)23-12-11-19-26-25-18-6-4-3-5-13-27(18)19/h7-10,15H,3-6,11-14H2,1-2H3,(H2,22,23,24). The zero-order valence-electron chi connectivity index (χ0n) is 16.6. The van der Waals surface area contributed by atoms with E-state index in [9.17, 15) is 0 Å². The minimum absolute atomic E-state index is 0.00742. The molecule has 7 nitrogen and oxygen atoms in total. The van der Waals surface area contributed by atoms with Crippen LogP contribution in [0.3, 0.4) is 0 Å². The van der Waals surface area contributed by atoms with Crippen LogP contribution in [0.5, 0.6) is 5.75 Å². The SMILES string of the molecule is CN=C(NCCc1nnc2n1CCCCC2)NCC(C)Oc1ccc(Cl)cc1. The first kappa shape index (κ1) is 20.5. The van der Waals surface area contributed by atoms with Crippen LogP contribution in [0.2, 0.25) is 5.02 Å². The van der Waals surface area contributed by atoms with Gasteiger partial charge in [-0.1, -0.05) is 18.0 Å². The van der Waals surface area contributed by atoms with Crippen molar-refractivity contribution in [1.82, 2.24) is 25.4 Å². The van der Waals surface area contributed by atoms with Gasteiger partial charge in [0.2, 0.25) is 0 Å². The third-order valence-electron chi connectivity index (χ3n) is 4.76. The van der Waals surface area contributed by atoms with Gasteiger partial charge in [-0.05, 0) is 44.0 Å². The second-order valence-corrected chi connectivity index (χ2v) is 7.44. The van der Waals surface area contributed by atoms with Crippen LogP contribution in [0.15, 0.2) is 29.3 Å². The fourth-order valence-corrected chi connectivity index (χ4v) is 3.40. The van der Waals surface area contributed by atoms with Gasteiger partial charge in [-0.15, -0.1) is 10.2 Å². The Morgan fingerprint density at radius 2 is 2.04 bits per heavy atom. The lowest BCUT2D eigenvalue weighted by Gasteiger charge is -2.18. The van der Waals surface area contributed by atoms with Crippen LogP contribution >= 0.6 is 11.6 Å². The predicted molar refractivity (Wildman–Crippen MR) is 112 cm³/mol. The Hall–Kier alpha value is -2.28. The van der Waals surface area contributed by atoms with E-state index in [0.717, 1.165) is 49.3 Å². The van der Waals surface area contributed by atoms with Crippen LogP contribution in [0.1, 0.15) is 37.8 Å². The van der Waals surface area contributed by atoms with Gasteiger partial charge in [0.1, 0.15) is 23.5 Å². The molecule has 152 valence electrons. The number of nitrogens with zero attached hydrogens (tertiary/aromatic N) is 4. The van der Waals surface area contributed by atoms with Crippen molar-refractivity contribution in [3.05, 3.63) is 40.9 Å². The Kier molecular flexibility index (Phi) is 7.54. The summed E-state index contributed by atoms with van der Waals surface area (Å²) in [6, 6.07) is 7.38. The molecule has 2 heterocycles. The first-order valence-electron chi connectivity index (χ1n) is 9.93.